The van der Waals surface area contributed by atoms with Gasteiger partial charge in [-0.25, -0.2) is 0 Å². The lowest BCUT2D eigenvalue weighted by molar-refractivity contribution is 0.0712. The van der Waals surface area contributed by atoms with E-state index in [4.69, 9.17) is 0 Å². The Balaban J connectivity index is 2.15. The average Bonchev–Trinajstić information content (AvgIpc) is 2.28. The molecule has 1 aromatic carbocycles. The van der Waals surface area contributed by atoms with Crippen LogP contribution >= 0.6 is 0 Å². The highest BCUT2D eigenvalue weighted by Gasteiger charge is 2.11. The van der Waals surface area contributed by atoms with E-state index in [0.29, 0.717) is 5.92 Å². The molecule has 96 valence electrons. The molecule has 1 aromatic rings. The van der Waals surface area contributed by atoms with Crippen molar-refractivity contribution in [3.05, 3.63) is 35.9 Å². The fourth-order valence-electron chi connectivity index (χ4n) is 1.79. The molecule has 0 saturated carbocycles. The van der Waals surface area contributed by atoms with Crippen LogP contribution < -0.4 is 5.32 Å². The third-order valence-corrected chi connectivity index (χ3v) is 3.04. The normalized spacial score (nSPS) is 13.6. The third kappa shape index (κ3) is 6.44. The summed E-state index contributed by atoms with van der Waals surface area (Å²) in [7, 11) is 0. The maximum atomic E-state index is 9.56. The zero-order chi connectivity index (χ0) is 12.7. The van der Waals surface area contributed by atoms with Crippen LogP contribution in [0.5, 0.6) is 0 Å². The molecule has 0 radical (unpaired) electrons. The molecule has 0 aliphatic carbocycles. The Bertz CT molecular complexity index is 302. The van der Waals surface area contributed by atoms with Crippen molar-refractivity contribution in [3.8, 4) is 0 Å². The van der Waals surface area contributed by atoms with Gasteiger partial charge < -0.3 is 10.4 Å². The Kier molecular flexibility index (Phi) is 5.66. The van der Waals surface area contributed by atoms with Crippen LogP contribution in [0.3, 0.4) is 0 Å². The van der Waals surface area contributed by atoms with Gasteiger partial charge in [0.05, 0.1) is 5.60 Å². The van der Waals surface area contributed by atoms with E-state index in [1.54, 1.807) is 0 Å². The quantitative estimate of drug-likeness (QED) is 0.712. The summed E-state index contributed by atoms with van der Waals surface area (Å²) in [6, 6.07) is 10.6. The topological polar surface area (TPSA) is 32.3 Å². The first kappa shape index (κ1) is 14.2. The highest BCUT2D eigenvalue weighted by molar-refractivity contribution is 5.18. The minimum absolute atomic E-state index is 0.557. The van der Waals surface area contributed by atoms with Gasteiger partial charge in [0.25, 0.3) is 0 Å². The largest absolute Gasteiger partial charge is 0.390 e. The molecule has 1 unspecified atom stereocenters. The first-order chi connectivity index (χ1) is 7.99. The number of rotatable bonds is 7. The summed E-state index contributed by atoms with van der Waals surface area (Å²) < 4.78 is 0. The molecule has 0 aliphatic rings. The molecule has 0 bridgehead atoms. The minimum atomic E-state index is -0.557. The van der Waals surface area contributed by atoms with E-state index in [0.717, 1.165) is 25.9 Å². The smallest absolute Gasteiger partial charge is 0.0603 e. The third-order valence-electron chi connectivity index (χ3n) is 3.04. The van der Waals surface area contributed by atoms with Gasteiger partial charge in [-0.2, -0.15) is 0 Å². The van der Waals surface area contributed by atoms with Crippen molar-refractivity contribution in [2.45, 2.75) is 45.1 Å². The molecule has 2 heteroatoms. The Morgan fingerprint density at radius 2 is 1.82 bits per heavy atom. The van der Waals surface area contributed by atoms with Crippen molar-refractivity contribution in [2.75, 3.05) is 13.1 Å². The highest BCUT2D eigenvalue weighted by Crippen LogP contribution is 2.17. The highest BCUT2D eigenvalue weighted by atomic mass is 16.3. The van der Waals surface area contributed by atoms with Gasteiger partial charge in [-0.3, -0.25) is 0 Å². The van der Waals surface area contributed by atoms with Crippen molar-refractivity contribution in [2.24, 2.45) is 0 Å². The Hall–Kier alpha value is -0.860. The molecular formula is C15H25NO. The van der Waals surface area contributed by atoms with Gasteiger partial charge in [-0.1, -0.05) is 37.3 Å². The molecule has 0 amide bonds. The fraction of sp³-hybridized carbons (Fsp3) is 0.600. The van der Waals surface area contributed by atoms with Gasteiger partial charge in [-0.15, -0.1) is 0 Å². The van der Waals surface area contributed by atoms with Crippen LogP contribution in [0.4, 0.5) is 0 Å². The van der Waals surface area contributed by atoms with Crippen molar-refractivity contribution >= 4 is 0 Å². The van der Waals surface area contributed by atoms with Crippen molar-refractivity contribution < 1.29 is 5.11 Å². The molecule has 0 aromatic heterocycles. The summed E-state index contributed by atoms with van der Waals surface area (Å²) >= 11 is 0. The molecule has 17 heavy (non-hydrogen) atoms. The lowest BCUT2D eigenvalue weighted by atomic mass is 9.98. The number of hydrogen-bond acceptors (Lipinski definition) is 2. The second-order valence-corrected chi connectivity index (χ2v) is 5.41. The summed E-state index contributed by atoms with van der Waals surface area (Å²) in [5.41, 5.74) is 0.842. The zero-order valence-electron chi connectivity index (χ0n) is 11.2. The lowest BCUT2D eigenvalue weighted by Gasteiger charge is -2.17. The van der Waals surface area contributed by atoms with Crippen LogP contribution in [0.15, 0.2) is 30.3 Å². The van der Waals surface area contributed by atoms with Gasteiger partial charge in [-0.05, 0) is 51.3 Å². The van der Waals surface area contributed by atoms with E-state index in [9.17, 15) is 5.11 Å². The van der Waals surface area contributed by atoms with Crippen molar-refractivity contribution in [3.63, 3.8) is 0 Å². The van der Waals surface area contributed by atoms with Crippen LogP contribution in [0.25, 0.3) is 0 Å². The second-order valence-electron chi connectivity index (χ2n) is 5.41. The Labute approximate surface area is 105 Å². The first-order valence-electron chi connectivity index (χ1n) is 6.47. The molecule has 0 spiro atoms. The summed E-state index contributed by atoms with van der Waals surface area (Å²) in [5.74, 6) is 0.589. The van der Waals surface area contributed by atoms with E-state index in [-0.39, 0.29) is 0 Å². The second kappa shape index (κ2) is 6.77. The lowest BCUT2D eigenvalue weighted by Crippen LogP contribution is -2.27. The van der Waals surface area contributed by atoms with Crippen molar-refractivity contribution in [1.29, 1.82) is 0 Å². The summed E-state index contributed by atoms with van der Waals surface area (Å²) in [4.78, 5) is 0. The predicted molar refractivity (Wildman–Crippen MR) is 73.3 cm³/mol. The Morgan fingerprint density at radius 3 is 2.41 bits per heavy atom. The number of benzene rings is 1. The summed E-state index contributed by atoms with van der Waals surface area (Å²) in [6.07, 6.45) is 1.93. The van der Waals surface area contributed by atoms with E-state index in [1.807, 2.05) is 13.8 Å². The fourth-order valence-corrected chi connectivity index (χ4v) is 1.79. The van der Waals surface area contributed by atoms with Gasteiger partial charge in [0.2, 0.25) is 0 Å². The van der Waals surface area contributed by atoms with Crippen LogP contribution in [-0.4, -0.2) is 23.8 Å². The molecule has 2 nitrogen and oxygen atoms in total. The van der Waals surface area contributed by atoms with Crippen molar-refractivity contribution in [1.82, 2.24) is 5.32 Å². The SMILES string of the molecule is CC(CCNCCC(C)(C)O)c1ccccc1. The van der Waals surface area contributed by atoms with E-state index in [2.05, 4.69) is 42.6 Å². The summed E-state index contributed by atoms with van der Waals surface area (Å²) in [6.45, 7) is 7.84. The van der Waals surface area contributed by atoms with E-state index >= 15 is 0 Å². The molecular weight excluding hydrogens is 210 g/mol. The molecule has 0 heterocycles. The molecule has 0 fully saturated rings. The molecule has 1 rings (SSSR count). The molecule has 0 saturated heterocycles. The summed E-state index contributed by atoms with van der Waals surface area (Å²) in [5, 5.41) is 12.9. The van der Waals surface area contributed by atoms with Gasteiger partial charge >= 0.3 is 0 Å². The Morgan fingerprint density at radius 1 is 1.18 bits per heavy atom. The molecule has 0 aliphatic heterocycles. The average molecular weight is 235 g/mol. The number of aliphatic hydroxyl groups is 1. The van der Waals surface area contributed by atoms with E-state index < -0.39 is 5.60 Å². The first-order valence-corrected chi connectivity index (χ1v) is 6.47. The van der Waals surface area contributed by atoms with Gasteiger partial charge in [0, 0.05) is 0 Å². The monoisotopic (exact) mass is 235 g/mol. The number of hydrogen-bond donors (Lipinski definition) is 2. The van der Waals surface area contributed by atoms with Crippen LogP contribution in [-0.2, 0) is 0 Å². The molecule has 2 N–H and O–H groups in total. The minimum Gasteiger partial charge on any atom is -0.390 e. The van der Waals surface area contributed by atoms with Gasteiger partial charge in [0.1, 0.15) is 0 Å². The van der Waals surface area contributed by atoms with Crippen LogP contribution in [0.1, 0.15) is 45.1 Å². The van der Waals surface area contributed by atoms with E-state index in [1.165, 1.54) is 5.56 Å². The molecule has 1 atom stereocenters. The number of nitrogens with one attached hydrogen (secondary N) is 1. The van der Waals surface area contributed by atoms with Crippen LogP contribution in [0.2, 0.25) is 0 Å². The van der Waals surface area contributed by atoms with Gasteiger partial charge in [0.15, 0.2) is 0 Å². The predicted octanol–water partition coefficient (Wildman–Crippen LogP) is 2.93. The zero-order valence-corrected chi connectivity index (χ0v) is 11.2. The maximum Gasteiger partial charge on any atom is 0.0603 e. The maximum absolute atomic E-state index is 9.56. The standard InChI is InChI=1S/C15H25NO/c1-13(14-7-5-4-6-8-14)9-11-16-12-10-15(2,3)17/h4-8,13,16-17H,9-12H2,1-3H3. The van der Waals surface area contributed by atoms with Crippen LogP contribution in [0, 0.1) is 0 Å².